The summed E-state index contributed by atoms with van der Waals surface area (Å²) in [7, 11) is 3.91. The normalized spacial score (nSPS) is 10.5. The van der Waals surface area contributed by atoms with Gasteiger partial charge in [-0.2, -0.15) is 0 Å². The Bertz CT molecular complexity index is 669. The van der Waals surface area contributed by atoms with Gasteiger partial charge in [-0.25, -0.2) is 0 Å². The minimum absolute atomic E-state index is 0.134. The number of carbonyl (C=O) groups is 2. The van der Waals surface area contributed by atoms with Crippen LogP contribution >= 0.6 is 0 Å². The molecule has 2 amide bonds. The molecule has 0 saturated heterocycles. The van der Waals surface area contributed by atoms with Crippen molar-refractivity contribution in [3.63, 3.8) is 0 Å². The topological polar surface area (TPSA) is 61.4 Å². The van der Waals surface area contributed by atoms with E-state index in [0.717, 1.165) is 5.69 Å². The van der Waals surface area contributed by atoms with Crippen molar-refractivity contribution in [1.82, 2.24) is 10.6 Å². The number of nitrogens with one attached hydrogen (secondary N) is 2. The highest BCUT2D eigenvalue weighted by Gasteiger charge is 2.08. The van der Waals surface area contributed by atoms with Crippen LogP contribution in [0.2, 0.25) is 0 Å². The summed E-state index contributed by atoms with van der Waals surface area (Å²) < 4.78 is 0. The molecule has 2 rings (SSSR count). The van der Waals surface area contributed by atoms with Gasteiger partial charge in [-0.1, -0.05) is 26.0 Å². The molecule has 0 spiro atoms. The maximum absolute atomic E-state index is 12.1. The number of benzene rings is 2. The van der Waals surface area contributed by atoms with E-state index in [-0.39, 0.29) is 11.8 Å². The minimum Gasteiger partial charge on any atom is -0.378 e. The van der Waals surface area contributed by atoms with Gasteiger partial charge in [-0.15, -0.1) is 0 Å². The molecule has 0 unspecified atom stereocenters. The van der Waals surface area contributed by atoms with Crippen LogP contribution in [-0.2, 0) is 0 Å². The number of hydrogen-bond acceptors (Lipinski definition) is 3. The third-order valence-corrected chi connectivity index (χ3v) is 4.18. The van der Waals surface area contributed by atoms with Crippen molar-refractivity contribution in [1.29, 1.82) is 0 Å². The third kappa shape index (κ3) is 5.34. The maximum Gasteiger partial charge on any atom is 0.251 e. The first-order valence-corrected chi connectivity index (χ1v) is 8.82. The molecule has 26 heavy (non-hydrogen) atoms. The summed E-state index contributed by atoms with van der Waals surface area (Å²) in [5, 5.41) is 5.63. The number of amides is 2. The third-order valence-electron chi connectivity index (χ3n) is 4.18. The van der Waals surface area contributed by atoms with Gasteiger partial charge in [-0.3, -0.25) is 9.59 Å². The molecule has 0 saturated carbocycles. The van der Waals surface area contributed by atoms with Gasteiger partial charge in [0.15, 0.2) is 0 Å². The van der Waals surface area contributed by atoms with E-state index in [1.165, 1.54) is 5.56 Å². The van der Waals surface area contributed by atoms with Crippen LogP contribution in [0.15, 0.2) is 48.5 Å². The van der Waals surface area contributed by atoms with Crippen LogP contribution in [0.25, 0.3) is 0 Å². The molecule has 0 aliphatic carbocycles. The number of nitrogens with zero attached hydrogens (tertiary/aromatic N) is 1. The lowest BCUT2D eigenvalue weighted by atomic mass is 10.0. The van der Waals surface area contributed by atoms with Gasteiger partial charge in [0, 0.05) is 44.0 Å². The number of anilines is 1. The van der Waals surface area contributed by atoms with Crippen LogP contribution in [0.3, 0.4) is 0 Å². The Morgan fingerprint density at radius 1 is 0.808 bits per heavy atom. The lowest BCUT2D eigenvalue weighted by Crippen LogP contribution is -2.34. The van der Waals surface area contributed by atoms with E-state index in [4.69, 9.17) is 0 Å². The Hall–Kier alpha value is -2.82. The Morgan fingerprint density at radius 2 is 1.23 bits per heavy atom. The fourth-order valence-corrected chi connectivity index (χ4v) is 2.49. The summed E-state index contributed by atoms with van der Waals surface area (Å²) in [5.74, 6) is 0.157. The molecule has 138 valence electrons. The van der Waals surface area contributed by atoms with Gasteiger partial charge >= 0.3 is 0 Å². The highest BCUT2D eigenvalue weighted by Crippen LogP contribution is 2.14. The Labute approximate surface area is 155 Å². The van der Waals surface area contributed by atoms with Gasteiger partial charge in [0.05, 0.1) is 0 Å². The molecule has 0 bridgehead atoms. The summed E-state index contributed by atoms with van der Waals surface area (Å²) in [6.07, 6.45) is 0. The molecule has 0 aliphatic rings. The quantitative estimate of drug-likeness (QED) is 0.752. The molecule has 0 atom stereocenters. The molecule has 2 N–H and O–H groups in total. The molecule has 5 nitrogen and oxygen atoms in total. The zero-order valence-electron chi connectivity index (χ0n) is 15.9. The molecule has 2 aromatic carbocycles. The second-order valence-electron chi connectivity index (χ2n) is 6.73. The fraction of sp³-hybridized carbons (Fsp3) is 0.333. The number of hydrogen-bond donors (Lipinski definition) is 2. The number of rotatable bonds is 7. The highest BCUT2D eigenvalue weighted by molar-refractivity contribution is 5.95. The van der Waals surface area contributed by atoms with Gasteiger partial charge in [0.2, 0.25) is 0 Å². The molecule has 0 aromatic heterocycles. The van der Waals surface area contributed by atoms with Crippen molar-refractivity contribution < 1.29 is 9.59 Å². The molecule has 0 heterocycles. The Kier molecular flexibility index (Phi) is 6.78. The second-order valence-corrected chi connectivity index (χ2v) is 6.73. The molecular formula is C21H27N3O2. The van der Waals surface area contributed by atoms with E-state index in [9.17, 15) is 9.59 Å². The molecular weight excluding hydrogens is 326 g/mol. The summed E-state index contributed by atoms with van der Waals surface area (Å²) in [6, 6.07) is 15.0. The Morgan fingerprint density at radius 3 is 1.62 bits per heavy atom. The van der Waals surface area contributed by atoms with Gasteiger partial charge < -0.3 is 15.5 Å². The van der Waals surface area contributed by atoms with Crippen LogP contribution in [0.1, 0.15) is 46.0 Å². The van der Waals surface area contributed by atoms with Gasteiger partial charge in [0.1, 0.15) is 0 Å². The number of carbonyl (C=O) groups excluding carboxylic acids is 2. The smallest absolute Gasteiger partial charge is 0.251 e. The van der Waals surface area contributed by atoms with Crippen LogP contribution in [-0.4, -0.2) is 39.0 Å². The SMILES string of the molecule is CC(C)c1ccc(C(=O)NCCNC(=O)c2ccc(N(C)C)cc2)cc1. The fourth-order valence-electron chi connectivity index (χ4n) is 2.49. The summed E-state index contributed by atoms with van der Waals surface area (Å²) in [5.41, 5.74) is 3.47. The average molecular weight is 353 g/mol. The first-order valence-electron chi connectivity index (χ1n) is 8.82. The van der Waals surface area contributed by atoms with Crippen molar-refractivity contribution in [2.24, 2.45) is 0 Å². The van der Waals surface area contributed by atoms with Crippen molar-refractivity contribution in [2.45, 2.75) is 19.8 Å². The van der Waals surface area contributed by atoms with E-state index >= 15 is 0 Å². The first-order chi connectivity index (χ1) is 12.4. The maximum atomic E-state index is 12.1. The zero-order chi connectivity index (χ0) is 19.1. The monoisotopic (exact) mass is 353 g/mol. The summed E-state index contributed by atoms with van der Waals surface area (Å²) >= 11 is 0. The lowest BCUT2D eigenvalue weighted by molar-refractivity contribution is 0.0927. The molecule has 0 aliphatic heterocycles. The Balaban J connectivity index is 1.77. The van der Waals surface area contributed by atoms with Crippen LogP contribution in [0.5, 0.6) is 0 Å². The van der Waals surface area contributed by atoms with E-state index < -0.39 is 0 Å². The average Bonchev–Trinajstić information content (AvgIpc) is 2.65. The van der Waals surface area contributed by atoms with E-state index in [1.807, 2.05) is 55.4 Å². The van der Waals surface area contributed by atoms with Crippen LogP contribution in [0, 0.1) is 0 Å². The molecule has 0 fully saturated rings. The van der Waals surface area contributed by atoms with Crippen LogP contribution in [0.4, 0.5) is 5.69 Å². The lowest BCUT2D eigenvalue weighted by Gasteiger charge is -2.12. The second kappa shape index (κ2) is 9.04. The molecule has 0 radical (unpaired) electrons. The van der Waals surface area contributed by atoms with Crippen molar-refractivity contribution in [3.8, 4) is 0 Å². The molecule has 2 aromatic rings. The van der Waals surface area contributed by atoms with E-state index in [0.29, 0.717) is 30.1 Å². The van der Waals surface area contributed by atoms with Crippen molar-refractivity contribution >= 4 is 17.5 Å². The zero-order valence-corrected chi connectivity index (χ0v) is 15.9. The first kappa shape index (κ1) is 19.5. The van der Waals surface area contributed by atoms with Gasteiger partial charge in [0.25, 0.3) is 11.8 Å². The van der Waals surface area contributed by atoms with Crippen molar-refractivity contribution in [2.75, 3.05) is 32.1 Å². The van der Waals surface area contributed by atoms with Gasteiger partial charge in [-0.05, 0) is 47.9 Å². The standard InChI is InChI=1S/C21H27N3O2/c1-15(2)16-5-7-17(8-6-16)20(25)22-13-14-23-21(26)18-9-11-19(12-10-18)24(3)4/h5-12,15H,13-14H2,1-4H3,(H,22,25)(H,23,26). The predicted molar refractivity (Wildman–Crippen MR) is 106 cm³/mol. The van der Waals surface area contributed by atoms with E-state index in [2.05, 4.69) is 24.5 Å². The van der Waals surface area contributed by atoms with Crippen LogP contribution < -0.4 is 15.5 Å². The summed E-state index contributed by atoms with van der Waals surface area (Å²) in [4.78, 5) is 26.2. The minimum atomic E-state index is -0.147. The molecule has 5 heteroatoms. The highest BCUT2D eigenvalue weighted by atomic mass is 16.2. The van der Waals surface area contributed by atoms with E-state index in [1.54, 1.807) is 12.1 Å². The largest absolute Gasteiger partial charge is 0.378 e. The van der Waals surface area contributed by atoms with Crippen molar-refractivity contribution in [3.05, 3.63) is 65.2 Å². The predicted octanol–water partition coefficient (Wildman–Crippen LogP) is 3.04. The summed E-state index contributed by atoms with van der Waals surface area (Å²) in [6.45, 7) is 4.99.